The van der Waals surface area contributed by atoms with E-state index in [0.29, 0.717) is 0 Å². The van der Waals surface area contributed by atoms with E-state index >= 15 is 0 Å². The van der Waals surface area contributed by atoms with Crippen molar-refractivity contribution in [1.29, 1.82) is 0 Å². The van der Waals surface area contributed by atoms with Crippen molar-refractivity contribution in [2.75, 3.05) is 32.1 Å². The Hall–Kier alpha value is -2.82. The smallest absolute Gasteiger partial charge is 0.253 e. The van der Waals surface area contributed by atoms with Crippen molar-refractivity contribution >= 4 is 23.5 Å². The van der Waals surface area contributed by atoms with Gasteiger partial charge in [-0.3, -0.25) is 9.79 Å². The normalized spacial score (nSPS) is 11.5. The summed E-state index contributed by atoms with van der Waals surface area (Å²) in [6.07, 6.45) is 14.9. The Bertz CT molecular complexity index is 837. The van der Waals surface area contributed by atoms with E-state index in [-0.39, 0.29) is 5.91 Å². The van der Waals surface area contributed by atoms with E-state index < -0.39 is 0 Å². The van der Waals surface area contributed by atoms with Crippen molar-refractivity contribution in [3.05, 3.63) is 59.5 Å². The molecule has 0 atom stereocenters. The molecule has 0 saturated heterocycles. The molecule has 5 heteroatoms. The van der Waals surface area contributed by atoms with Crippen LogP contribution in [0.15, 0.2) is 58.9 Å². The van der Waals surface area contributed by atoms with Crippen LogP contribution in [0.2, 0.25) is 0 Å². The number of aliphatic imine (C=N–C) groups is 1. The van der Waals surface area contributed by atoms with Crippen LogP contribution in [-0.4, -0.2) is 44.2 Å². The molecule has 1 rings (SSSR count). The van der Waals surface area contributed by atoms with Crippen molar-refractivity contribution in [2.45, 2.75) is 66.7 Å². The number of amides is 1. The highest BCUT2D eigenvalue weighted by Crippen LogP contribution is 2.29. The molecule has 33 heavy (non-hydrogen) atoms. The lowest BCUT2D eigenvalue weighted by atomic mass is 10.1. The van der Waals surface area contributed by atoms with Gasteiger partial charge >= 0.3 is 0 Å². The first kappa shape index (κ1) is 28.2. The van der Waals surface area contributed by atoms with Crippen LogP contribution < -0.4 is 10.2 Å². The van der Waals surface area contributed by atoms with Crippen LogP contribution in [0, 0.1) is 0 Å². The van der Waals surface area contributed by atoms with Crippen LogP contribution in [0.5, 0.6) is 0 Å². The third-order valence-corrected chi connectivity index (χ3v) is 5.37. The Balaban J connectivity index is 2.99. The second-order valence-corrected chi connectivity index (χ2v) is 8.63. The summed E-state index contributed by atoms with van der Waals surface area (Å²) in [7, 11) is 3.96. The number of unbranched alkanes of at least 4 members (excludes halogenated alkanes) is 2. The number of rotatable bonds is 14. The summed E-state index contributed by atoms with van der Waals surface area (Å²) in [4.78, 5) is 21.8. The third kappa shape index (κ3) is 10.1. The van der Waals surface area contributed by atoms with Crippen molar-refractivity contribution in [2.24, 2.45) is 4.99 Å². The Morgan fingerprint density at radius 1 is 1.09 bits per heavy atom. The standard InChI is InChI=1S/C28H44N4O/c1-8-11-15-25(23(4)5)29-18-14-19-30-26-17-16-24(22-27(26)31(6)7)28(33)32(20-12-9-2)21-13-10-3/h8,11,14,16-19,22,29H,9-10,12-13,15,20-21H2,1-7H3/b11-8-,18-14+,30-19?. The van der Waals surface area contributed by atoms with Gasteiger partial charge in [-0.05, 0) is 57.9 Å². The number of hydrogen-bond donors (Lipinski definition) is 1. The lowest BCUT2D eigenvalue weighted by Crippen LogP contribution is -2.33. The fourth-order valence-corrected chi connectivity index (χ4v) is 3.28. The summed E-state index contributed by atoms with van der Waals surface area (Å²) in [5.41, 5.74) is 4.94. The zero-order chi connectivity index (χ0) is 24.6. The van der Waals surface area contributed by atoms with Gasteiger partial charge in [-0.15, -0.1) is 0 Å². The van der Waals surface area contributed by atoms with E-state index in [4.69, 9.17) is 0 Å². The number of hydrogen-bond acceptors (Lipinski definition) is 4. The first-order valence-corrected chi connectivity index (χ1v) is 12.2. The van der Waals surface area contributed by atoms with E-state index in [9.17, 15) is 4.79 Å². The number of allylic oxidation sites excluding steroid dienone is 4. The number of anilines is 1. The molecule has 182 valence electrons. The summed E-state index contributed by atoms with van der Waals surface area (Å²) in [5, 5.41) is 3.34. The van der Waals surface area contributed by atoms with Crippen LogP contribution >= 0.6 is 0 Å². The Labute approximate surface area is 202 Å². The molecule has 0 radical (unpaired) electrons. The highest BCUT2D eigenvalue weighted by atomic mass is 16.2. The average Bonchev–Trinajstić information content (AvgIpc) is 2.80. The van der Waals surface area contributed by atoms with Gasteiger partial charge in [0, 0.05) is 57.3 Å². The monoisotopic (exact) mass is 452 g/mol. The number of carbonyl (C=O) groups excluding carboxylic acids is 1. The summed E-state index contributed by atoms with van der Waals surface area (Å²) in [6, 6.07) is 5.79. The molecule has 0 aliphatic carbocycles. The molecular formula is C28H44N4O. The maximum atomic E-state index is 13.2. The number of carbonyl (C=O) groups is 1. The topological polar surface area (TPSA) is 47.9 Å². The molecule has 0 saturated carbocycles. The molecule has 1 N–H and O–H groups in total. The highest BCUT2D eigenvalue weighted by Gasteiger charge is 2.17. The van der Waals surface area contributed by atoms with Gasteiger partial charge in [0.05, 0.1) is 11.4 Å². The number of nitrogens with one attached hydrogen (secondary N) is 1. The number of nitrogens with zero attached hydrogens (tertiary/aromatic N) is 3. The van der Waals surface area contributed by atoms with E-state index in [2.05, 4.69) is 50.2 Å². The lowest BCUT2D eigenvalue weighted by Gasteiger charge is -2.24. The summed E-state index contributed by atoms with van der Waals surface area (Å²) in [6.45, 7) is 12.2. The summed E-state index contributed by atoms with van der Waals surface area (Å²) < 4.78 is 0. The summed E-state index contributed by atoms with van der Waals surface area (Å²) >= 11 is 0. The predicted molar refractivity (Wildman–Crippen MR) is 145 cm³/mol. The van der Waals surface area contributed by atoms with Crippen molar-refractivity contribution < 1.29 is 4.79 Å². The Morgan fingerprint density at radius 2 is 1.76 bits per heavy atom. The minimum atomic E-state index is 0.106. The Morgan fingerprint density at radius 3 is 2.30 bits per heavy atom. The minimum absolute atomic E-state index is 0.106. The Kier molecular flexibility index (Phi) is 13.6. The molecule has 5 nitrogen and oxygen atoms in total. The minimum Gasteiger partial charge on any atom is -0.376 e. The molecule has 1 amide bonds. The molecule has 0 bridgehead atoms. The molecule has 0 heterocycles. The first-order valence-electron chi connectivity index (χ1n) is 12.2. The van der Waals surface area contributed by atoms with Gasteiger partial charge in [0.25, 0.3) is 5.91 Å². The molecule has 1 aromatic rings. The molecular weight excluding hydrogens is 408 g/mol. The van der Waals surface area contributed by atoms with Gasteiger partial charge < -0.3 is 15.1 Å². The van der Waals surface area contributed by atoms with Gasteiger partial charge in [0.15, 0.2) is 0 Å². The lowest BCUT2D eigenvalue weighted by molar-refractivity contribution is 0.0751. The van der Waals surface area contributed by atoms with E-state index in [0.717, 1.165) is 62.1 Å². The summed E-state index contributed by atoms with van der Waals surface area (Å²) in [5.74, 6) is 0.106. The quantitative estimate of drug-likeness (QED) is 0.248. The maximum Gasteiger partial charge on any atom is 0.253 e. The fraction of sp³-hybridized carbons (Fsp3) is 0.500. The average molecular weight is 453 g/mol. The van der Waals surface area contributed by atoms with Crippen molar-refractivity contribution in [3.8, 4) is 0 Å². The first-order chi connectivity index (χ1) is 15.8. The molecule has 0 aliphatic rings. The largest absolute Gasteiger partial charge is 0.376 e. The van der Waals surface area contributed by atoms with Crippen LogP contribution in [0.3, 0.4) is 0 Å². The molecule has 0 aromatic heterocycles. The zero-order valence-electron chi connectivity index (χ0n) is 21.8. The van der Waals surface area contributed by atoms with Gasteiger partial charge in [-0.25, -0.2) is 0 Å². The van der Waals surface area contributed by atoms with Gasteiger partial charge in [-0.1, -0.05) is 44.4 Å². The SMILES string of the molecule is C/C=C\CC(N/C=C/C=Nc1ccc(C(=O)N(CCCC)CCCC)cc1N(C)C)=C(C)C. The zero-order valence-corrected chi connectivity index (χ0v) is 21.8. The third-order valence-electron chi connectivity index (χ3n) is 5.37. The van der Waals surface area contributed by atoms with Crippen LogP contribution in [0.4, 0.5) is 11.4 Å². The fourth-order valence-electron chi connectivity index (χ4n) is 3.28. The van der Waals surface area contributed by atoms with Crippen molar-refractivity contribution in [3.63, 3.8) is 0 Å². The van der Waals surface area contributed by atoms with Crippen molar-refractivity contribution in [1.82, 2.24) is 10.2 Å². The van der Waals surface area contributed by atoms with Gasteiger partial charge in [0.2, 0.25) is 0 Å². The van der Waals surface area contributed by atoms with Crippen LogP contribution in [0.1, 0.15) is 77.1 Å². The van der Waals surface area contributed by atoms with Gasteiger partial charge in [-0.2, -0.15) is 0 Å². The second-order valence-electron chi connectivity index (χ2n) is 8.63. The maximum absolute atomic E-state index is 13.2. The second kappa shape index (κ2) is 15.9. The molecule has 0 aliphatic heterocycles. The highest BCUT2D eigenvalue weighted by molar-refractivity contribution is 5.96. The number of benzene rings is 1. The van der Waals surface area contributed by atoms with Crippen LogP contribution in [-0.2, 0) is 0 Å². The van der Waals surface area contributed by atoms with Crippen LogP contribution in [0.25, 0.3) is 0 Å². The molecule has 0 unspecified atom stereocenters. The molecule has 0 fully saturated rings. The predicted octanol–water partition coefficient (Wildman–Crippen LogP) is 6.86. The van der Waals surface area contributed by atoms with E-state index in [1.807, 2.05) is 61.3 Å². The van der Waals surface area contributed by atoms with Gasteiger partial charge in [0.1, 0.15) is 0 Å². The van der Waals surface area contributed by atoms with E-state index in [1.54, 1.807) is 6.21 Å². The van der Waals surface area contributed by atoms with E-state index in [1.165, 1.54) is 11.3 Å². The molecule has 1 aromatic carbocycles. The molecule has 0 spiro atoms.